The Labute approximate surface area is 89.3 Å². The number of nitrogens with zero attached hydrogens (tertiary/aromatic N) is 2. The summed E-state index contributed by atoms with van der Waals surface area (Å²) in [5.74, 6) is -0.448. The van der Waals surface area contributed by atoms with Crippen LogP contribution in [0.4, 0.5) is 0 Å². The molecule has 1 atom stereocenters. The lowest BCUT2D eigenvalue weighted by Gasteiger charge is -2.37. The van der Waals surface area contributed by atoms with Crippen LogP contribution in [0.1, 0.15) is 0 Å². The summed E-state index contributed by atoms with van der Waals surface area (Å²) in [6.07, 6.45) is 1.26. The number of methoxy groups -OCH3 is 1. The highest BCUT2D eigenvalue weighted by Crippen LogP contribution is 2.09. The molecule has 5 heteroatoms. The molecule has 1 heterocycles. The standard InChI is InChI=1S/C10H16N2O3/c1-4-9(13)12-6-5-11(2)8(7-12)10(14)15-3/h4,8H,1,5-7H2,2-3H3. The summed E-state index contributed by atoms with van der Waals surface area (Å²) >= 11 is 0. The van der Waals surface area contributed by atoms with Crippen molar-refractivity contribution in [3.05, 3.63) is 12.7 Å². The zero-order valence-corrected chi connectivity index (χ0v) is 9.10. The molecule has 0 aromatic heterocycles. The first-order valence-corrected chi connectivity index (χ1v) is 4.79. The quantitative estimate of drug-likeness (QED) is 0.457. The Kier molecular flexibility index (Phi) is 3.85. The number of esters is 1. The zero-order valence-electron chi connectivity index (χ0n) is 9.10. The van der Waals surface area contributed by atoms with Gasteiger partial charge in [-0.3, -0.25) is 14.5 Å². The van der Waals surface area contributed by atoms with E-state index in [0.29, 0.717) is 19.6 Å². The summed E-state index contributed by atoms with van der Waals surface area (Å²) in [6, 6.07) is -0.368. The molecule has 0 spiro atoms. The fourth-order valence-corrected chi connectivity index (χ4v) is 1.59. The molecule has 5 nitrogen and oxygen atoms in total. The smallest absolute Gasteiger partial charge is 0.324 e. The Hall–Kier alpha value is -1.36. The number of hydrogen-bond acceptors (Lipinski definition) is 4. The Morgan fingerprint density at radius 3 is 2.67 bits per heavy atom. The van der Waals surface area contributed by atoms with Gasteiger partial charge in [0.15, 0.2) is 0 Å². The van der Waals surface area contributed by atoms with Gasteiger partial charge in [0.1, 0.15) is 6.04 Å². The van der Waals surface area contributed by atoms with Crippen LogP contribution in [0.5, 0.6) is 0 Å². The van der Waals surface area contributed by atoms with E-state index in [1.165, 1.54) is 13.2 Å². The Morgan fingerprint density at radius 2 is 2.13 bits per heavy atom. The van der Waals surface area contributed by atoms with E-state index in [2.05, 4.69) is 11.3 Å². The first kappa shape index (κ1) is 11.7. The van der Waals surface area contributed by atoms with E-state index in [1.54, 1.807) is 4.90 Å². The minimum atomic E-state index is -0.368. The van der Waals surface area contributed by atoms with E-state index in [0.717, 1.165) is 0 Å². The van der Waals surface area contributed by atoms with Gasteiger partial charge in [0.2, 0.25) is 5.91 Å². The van der Waals surface area contributed by atoms with E-state index in [-0.39, 0.29) is 17.9 Å². The number of likely N-dealkylation sites (N-methyl/N-ethyl adjacent to an activating group) is 1. The monoisotopic (exact) mass is 212 g/mol. The lowest BCUT2D eigenvalue weighted by Crippen LogP contribution is -2.56. The first-order valence-electron chi connectivity index (χ1n) is 4.79. The van der Waals surface area contributed by atoms with Crippen molar-refractivity contribution in [2.24, 2.45) is 0 Å². The first-order chi connectivity index (χ1) is 7.10. The SMILES string of the molecule is C=CC(=O)N1CCN(C)C(C(=O)OC)C1. The maximum atomic E-state index is 11.4. The lowest BCUT2D eigenvalue weighted by molar-refractivity contribution is -0.150. The van der Waals surface area contributed by atoms with E-state index in [4.69, 9.17) is 0 Å². The highest BCUT2D eigenvalue weighted by Gasteiger charge is 2.31. The average Bonchev–Trinajstić information content (AvgIpc) is 2.27. The van der Waals surface area contributed by atoms with E-state index >= 15 is 0 Å². The van der Waals surface area contributed by atoms with Crippen molar-refractivity contribution in [1.82, 2.24) is 9.80 Å². The molecular weight excluding hydrogens is 196 g/mol. The third kappa shape index (κ3) is 2.56. The molecule has 1 aliphatic heterocycles. The van der Waals surface area contributed by atoms with Crippen molar-refractivity contribution in [1.29, 1.82) is 0 Å². The largest absolute Gasteiger partial charge is 0.468 e. The molecule has 84 valence electrons. The minimum Gasteiger partial charge on any atom is -0.468 e. The van der Waals surface area contributed by atoms with Crippen LogP contribution in [0, 0.1) is 0 Å². The molecule has 0 aromatic carbocycles. The van der Waals surface area contributed by atoms with Gasteiger partial charge >= 0.3 is 5.97 Å². The molecule has 1 amide bonds. The van der Waals surface area contributed by atoms with Gasteiger partial charge in [-0.25, -0.2) is 0 Å². The summed E-state index contributed by atoms with van der Waals surface area (Å²) in [6.45, 7) is 5.08. The van der Waals surface area contributed by atoms with Crippen molar-refractivity contribution in [2.45, 2.75) is 6.04 Å². The Balaban J connectivity index is 2.67. The molecular formula is C10H16N2O3. The van der Waals surface area contributed by atoms with Crippen molar-refractivity contribution >= 4 is 11.9 Å². The molecule has 0 radical (unpaired) electrons. The van der Waals surface area contributed by atoms with Crippen molar-refractivity contribution < 1.29 is 14.3 Å². The summed E-state index contributed by atoms with van der Waals surface area (Å²) in [4.78, 5) is 26.3. The third-order valence-corrected chi connectivity index (χ3v) is 2.61. The highest BCUT2D eigenvalue weighted by atomic mass is 16.5. The van der Waals surface area contributed by atoms with Crippen LogP contribution in [0.2, 0.25) is 0 Å². The molecule has 15 heavy (non-hydrogen) atoms. The summed E-state index contributed by atoms with van der Waals surface area (Å²) in [5, 5.41) is 0. The molecule has 0 aliphatic carbocycles. The zero-order chi connectivity index (χ0) is 11.4. The molecule has 1 aliphatic rings. The van der Waals surface area contributed by atoms with Crippen LogP contribution in [0.3, 0.4) is 0 Å². The van der Waals surface area contributed by atoms with Gasteiger partial charge in [0, 0.05) is 19.6 Å². The Morgan fingerprint density at radius 1 is 1.47 bits per heavy atom. The predicted molar refractivity (Wildman–Crippen MR) is 55.2 cm³/mol. The fraction of sp³-hybridized carbons (Fsp3) is 0.600. The van der Waals surface area contributed by atoms with Gasteiger partial charge in [0.25, 0.3) is 0 Å². The van der Waals surface area contributed by atoms with Crippen LogP contribution in [-0.2, 0) is 14.3 Å². The molecule has 0 saturated carbocycles. The van der Waals surface area contributed by atoms with Gasteiger partial charge in [-0.05, 0) is 13.1 Å². The lowest BCUT2D eigenvalue weighted by atomic mass is 10.2. The van der Waals surface area contributed by atoms with E-state index < -0.39 is 0 Å². The van der Waals surface area contributed by atoms with Gasteiger partial charge < -0.3 is 9.64 Å². The Bertz CT molecular complexity index is 278. The maximum Gasteiger partial charge on any atom is 0.324 e. The molecule has 0 bridgehead atoms. The van der Waals surface area contributed by atoms with Crippen molar-refractivity contribution in [3.8, 4) is 0 Å². The van der Waals surface area contributed by atoms with E-state index in [1.807, 2.05) is 11.9 Å². The number of amides is 1. The second kappa shape index (κ2) is 4.93. The minimum absolute atomic E-state index is 0.142. The normalized spacial score (nSPS) is 22.3. The van der Waals surface area contributed by atoms with Crippen LogP contribution in [-0.4, -0.2) is 61.5 Å². The predicted octanol–water partition coefficient (Wildman–Crippen LogP) is -0.512. The maximum absolute atomic E-state index is 11.4. The van der Waals surface area contributed by atoms with Crippen LogP contribution in [0.25, 0.3) is 0 Å². The second-order valence-electron chi connectivity index (χ2n) is 3.51. The number of rotatable bonds is 2. The highest BCUT2D eigenvalue weighted by molar-refractivity contribution is 5.88. The summed E-state index contributed by atoms with van der Waals surface area (Å²) in [7, 11) is 3.20. The van der Waals surface area contributed by atoms with Crippen LogP contribution < -0.4 is 0 Å². The molecule has 0 aromatic rings. The summed E-state index contributed by atoms with van der Waals surface area (Å²) < 4.78 is 4.68. The molecule has 1 rings (SSSR count). The van der Waals surface area contributed by atoms with Gasteiger partial charge in [0.05, 0.1) is 7.11 Å². The van der Waals surface area contributed by atoms with Gasteiger partial charge in [-0.1, -0.05) is 6.58 Å². The third-order valence-electron chi connectivity index (χ3n) is 2.61. The number of hydrogen-bond donors (Lipinski definition) is 0. The van der Waals surface area contributed by atoms with E-state index in [9.17, 15) is 9.59 Å². The average molecular weight is 212 g/mol. The molecule has 1 saturated heterocycles. The number of ether oxygens (including phenoxy) is 1. The fourth-order valence-electron chi connectivity index (χ4n) is 1.59. The number of carbonyl (C=O) groups is 2. The van der Waals surface area contributed by atoms with Crippen molar-refractivity contribution in [3.63, 3.8) is 0 Å². The molecule has 1 fully saturated rings. The summed E-state index contributed by atoms with van der Waals surface area (Å²) in [5.41, 5.74) is 0. The second-order valence-corrected chi connectivity index (χ2v) is 3.51. The molecule has 0 N–H and O–H groups in total. The van der Waals surface area contributed by atoms with Gasteiger partial charge in [-0.2, -0.15) is 0 Å². The van der Waals surface area contributed by atoms with Crippen molar-refractivity contribution in [2.75, 3.05) is 33.8 Å². The number of carbonyl (C=O) groups excluding carboxylic acids is 2. The number of piperazine rings is 1. The molecule has 1 unspecified atom stereocenters. The van der Waals surface area contributed by atoms with Crippen LogP contribution >= 0.6 is 0 Å². The van der Waals surface area contributed by atoms with Crippen LogP contribution in [0.15, 0.2) is 12.7 Å². The topological polar surface area (TPSA) is 49.9 Å². The van der Waals surface area contributed by atoms with Gasteiger partial charge in [-0.15, -0.1) is 0 Å².